The number of carbonyl (C=O) groups is 3. The van der Waals surface area contributed by atoms with Crippen molar-refractivity contribution in [3.63, 3.8) is 0 Å². The number of hydrogen-bond donors (Lipinski definition) is 2. The number of benzene rings is 1. The van der Waals surface area contributed by atoms with E-state index in [1.54, 1.807) is 10.7 Å². The van der Waals surface area contributed by atoms with E-state index in [1.165, 1.54) is 6.07 Å². The molecule has 1 amide bonds. The molecule has 1 unspecified atom stereocenters. The highest BCUT2D eigenvalue weighted by molar-refractivity contribution is 6.01. The maximum Gasteiger partial charge on any atom is 0.328 e. The van der Waals surface area contributed by atoms with Crippen LogP contribution in [0.25, 0.3) is 5.69 Å². The Morgan fingerprint density at radius 2 is 2.03 bits per heavy atom. The van der Waals surface area contributed by atoms with Gasteiger partial charge in [0.15, 0.2) is 5.78 Å². The largest absolute Gasteiger partial charge is 0.464 e. The Hall–Kier alpha value is -3.23. The summed E-state index contributed by atoms with van der Waals surface area (Å²) in [5.41, 5.74) is 7.50. The number of nitrogens with zero attached hydrogens (tertiary/aromatic N) is 2. The smallest absolute Gasteiger partial charge is 0.328 e. The normalized spacial score (nSPS) is 21.6. The number of rotatable bonds is 6. The van der Waals surface area contributed by atoms with E-state index >= 15 is 4.39 Å². The van der Waals surface area contributed by atoms with Crippen LogP contribution < -0.4 is 11.1 Å². The summed E-state index contributed by atoms with van der Waals surface area (Å²) in [5.74, 6) is -1.64. The second kappa shape index (κ2) is 7.67. The molecule has 1 saturated carbocycles. The summed E-state index contributed by atoms with van der Waals surface area (Å²) in [7, 11) is 0. The SMILES string of the molecule is CC1(C)CC(=O)c2c(CC3CC3)nn(-c3cc(F)c(C(N)=O)c(NC4CCOC4=O)c3)c2C1. The highest BCUT2D eigenvalue weighted by atomic mass is 19.1. The average molecular weight is 455 g/mol. The van der Waals surface area contributed by atoms with Crippen LogP contribution in [0.5, 0.6) is 0 Å². The molecule has 1 aliphatic heterocycles. The molecule has 8 nitrogen and oxygen atoms in total. The van der Waals surface area contributed by atoms with Crippen molar-refractivity contribution in [1.29, 1.82) is 0 Å². The van der Waals surface area contributed by atoms with Crippen LogP contribution in [0.4, 0.5) is 10.1 Å². The van der Waals surface area contributed by atoms with Gasteiger partial charge >= 0.3 is 5.97 Å². The Bertz CT molecular complexity index is 1180. The number of halogens is 1. The zero-order valence-electron chi connectivity index (χ0n) is 18.7. The Balaban J connectivity index is 1.63. The lowest BCUT2D eigenvalue weighted by molar-refractivity contribution is -0.138. The van der Waals surface area contributed by atoms with Gasteiger partial charge in [-0.2, -0.15) is 5.10 Å². The van der Waals surface area contributed by atoms with Gasteiger partial charge in [-0.1, -0.05) is 13.8 Å². The number of fused-ring (bicyclic) bond motifs is 1. The van der Waals surface area contributed by atoms with Crippen LogP contribution in [0.2, 0.25) is 0 Å². The summed E-state index contributed by atoms with van der Waals surface area (Å²) in [6, 6.07) is 2.07. The fraction of sp³-hybridized carbons (Fsp3) is 0.500. The van der Waals surface area contributed by atoms with Crippen LogP contribution in [0, 0.1) is 17.2 Å². The van der Waals surface area contributed by atoms with E-state index in [4.69, 9.17) is 15.6 Å². The van der Waals surface area contributed by atoms with Crippen LogP contribution in [0.15, 0.2) is 12.1 Å². The number of cyclic esters (lactones) is 1. The van der Waals surface area contributed by atoms with Gasteiger partial charge in [-0.05, 0) is 43.1 Å². The van der Waals surface area contributed by atoms with Gasteiger partial charge in [-0.15, -0.1) is 0 Å². The lowest BCUT2D eigenvalue weighted by Crippen LogP contribution is -2.29. The highest BCUT2D eigenvalue weighted by Gasteiger charge is 2.38. The van der Waals surface area contributed by atoms with Crippen LogP contribution in [0.1, 0.15) is 71.6 Å². The Morgan fingerprint density at radius 1 is 1.27 bits per heavy atom. The molecule has 5 rings (SSSR count). The molecule has 1 atom stereocenters. The predicted molar refractivity (Wildman–Crippen MR) is 118 cm³/mol. The molecule has 0 radical (unpaired) electrons. The summed E-state index contributed by atoms with van der Waals surface area (Å²) < 4.78 is 21.7. The monoisotopic (exact) mass is 454 g/mol. The number of Topliss-reactive ketones (excluding diaryl/α,β-unsaturated/α-hetero) is 1. The molecule has 2 heterocycles. The molecule has 2 aliphatic carbocycles. The summed E-state index contributed by atoms with van der Waals surface area (Å²) in [5, 5.41) is 7.68. The number of carbonyl (C=O) groups excluding carboxylic acids is 3. The minimum absolute atomic E-state index is 0.0597. The van der Waals surface area contributed by atoms with Gasteiger partial charge in [0.05, 0.1) is 40.5 Å². The lowest BCUT2D eigenvalue weighted by Gasteiger charge is -2.29. The molecular formula is C24H27FN4O4. The Kier molecular flexibility index (Phi) is 5.02. The molecule has 0 bridgehead atoms. The van der Waals surface area contributed by atoms with Crippen molar-refractivity contribution in [1.82, 2.24) is 9.78 Å². The third-order valence-electron chi connectivity index (χ3n) is 6.63. The average Bonchev–Trinajstić information content (AvgIpc) is 3.33. The van der Waals surface area contributed by atoms with Gasteiger partial charge in [0.1, 0.15) is 11.9 Å². The number of esters is 1. The van der Waals surface area contributed by atoms with Crippen LogP contribution in [0.3, 0.4) is 0 Å². The van der Waals surface area contributed by atoms with Gasteiger partial charge < -0.3 is 15.8 Å². The second-order valence-electron chi connectivity index (χ2n) is 10.1. The fourth-order valence-electron chi connectivity index (χ4n) is 4.87. The number of primary amides is 1. The zero-order chi connectivity index (χ0) is 23.5. The quantitative estimate of drug-likeness (QED) is 0.649. The van der Waals surface area contributed by atoms with Crippen molar-refractivity contribution in [2.24, 2.45) is 17.1 Å². The molecule has 2 aromatic rings. The van der Waals surface area contributed by atoms with E-state index in [-0.39, 0.29) is 29.1 Å². The maximum atomic E-state index is 15.1. The molecule has 3 aliphatic rings. The van der Waals surface area contributed by atoms with E-state index in [1.807, 2.05) is 13.8 Å². The highest BCUT2D eigenvalue weighted by Crippen LogP contribution is 2.40. The van der Waals surface area contributed by atoms with Crippen LogP contribution in [-0.4, -0.2) is 40.1 Å². The number of amides is 1. The van der Waals surface area contributed by atoms with Crippen molar-refractivity contribution < 1.29 is 23.5 Å². The lowest BCUT2D eigenvalue weighted by atomic mass is 9.75. The number of hydrogen-bond acceptors (Lipinski definition) is 6. The third kappa shape index (κ3) is 4.00. The summed E-state index contributed by atoms with van der Waals surface area (Å²) in [4.78, 5) is 37.0. The third-order valence-corrected chi connectivity index (χ3v) is 6.63. The summed E-state index contributed by atoms with van der Waals surface area (Å²) >= 11 is 0. The number of ether oxygens (including phenoxy) is 1. The number of aromatic nitrogens is 2. The predicted octanol–water partition coefficient (Wildman–Crippen LogP) is 2.95. The first-order valence-corrected chi connectivity index (χ1v) is 11.3. The molecule has 2 fully saturated rings. The fourth-order valence-corrected chi connectivity index (χ4v) is 4.87. The molecule has 3 N–H and O–H groups in total. The van der Waals surface area contributed by atoms with E-state index in [9.17, 15) is 14.4 Å². The van der Waals surface area contributed by atoms with Crippen molar-refractivity contribution in [2.45, 2.75) is 58.4 Å². The minimum Gasteiger partial charge on any atom is -0.464 e. The van der Waals surface area contributed by atoms with E-state index in [0.29, 0.717) is 36.4 Å². The molecule has 1 aromatic heterocycles. The zero-order valence-corrected chi connectivity index (χ0v) is 18.7. The first-order chi connectivity index (χ1) is 15.6. The molecular weight excluding hydrogens is 427 g/mol. The first kappa shape index (κ1) is 21.6. The van der Waals surface area contributed by atoms with Crippen LogP contribution in [-0.2, 0) is 22.4 Å². The van der Waals surface area contributed by atoms with Gasteiger partial charge in [0.2, 0.25) is 0 Å². The number of nitrogens with two attached hydrogens (primary N) is 1. The van der Waals surface area contributed by atoms with Crippen molar-refractivity contribution in [3.8, 4) is 5.69 Å². The van der Waals surface area contributed by atoms with E-state index < -0.39 is 23.7 Å². The van der Waals surface area contributed by atoms with E-state index in [2.05, 4.69) is 5.32 Å². The summed E-state index contributed by atoms with van der Waals surface area (Å²) in [6.07, 6.45) is 4.41. The summed E-state index contributed by atoms with van der Waals surface area (Å²) in [6.45, 7) is 4.31. The molecule has 9 heteroatoms. The van der Waals surface area contributed by atoms with Gasteiger partial charge in [0.25, 0.3) is 5.91 Å². The molecule has 1 aromatic carbocycles. The van der Waals surface area contributed by atoms with Crippen molar-refractivity contribution >= 4 is 23.3 Å². The minimum atomic E-state index is -0.943. The molecule has 33 heavy (non-hydrogen) atoms. The van der Waals surface area contributed by atoms with Gasteiger partial charge in [-0.3, -0.25) is 9.59 Å². The standard InChI is InChI=1S/C24H27FN4O4/c1-24(2)10-18-21(19(30)11-24)17(7-12-3-4-12)28-29(18)13-8-14(25)20(22(26)31)16(9-13)27-15-5-6-33-23(15)32/h8-9,12,15,27H,3-7,10-11H2,1-2H3,(H2,26,31). The molecule has 1 saturated heterocycles. The topological polar surface area (TPSA) is 116 Å². The second-order valence-corrected chi connectivity index (χ2v) is 10.1. The van der Waals surface area contributed by atoms with Gasteiger partial charge in [0, 0.05) is 18.9 Å². The first-order valence-electron chi connectivity index (χ1n) is 11.3. The molecule has 0 spiro atoms. The molecule has 174 valence electrons. The van der Waals surface area contributed by atoms with Crippen molar-refractivity contribution in [2.75, 3.05) is 11.9 Å². The van der Waals surface area contributed by atoms with Crippen molar-refractivity contribution in [3.05, 3.63) is 40.5 Å². The van der Waals surface area contributed by atoms with Crippen LogP contribution >= 0.6 is 0 Å². The Labute approximate surface area is 190 Å². The Morgan fingerprint density at radius 3 is 2.67 bits per heavy atom. The number of nitrogens with one attached hydrogen (secondary N) is 1. The number of anilines is 1. The van der Waals surface area contributed by atoms with Gasteiger partial charge in [-0.25, -0.2) is 13.9 Å². The number of ketones is 1. The van der Waals surface area contributed by atoms with E-state index in [0.717, 1.165) is 30.7 Å². The maximum absolute atomic E-state index is 15.1.